The number of carbonyl (C=O) groups excluding carboxylic acids is 2. The van der Waals surface area contributed by atoms with Crippen LogP contribution >= 0.6 is 0 Å². The molecule has 0 saturated heterocycles. The van der Waals surface area contributed by atoms with Crippen LogP contribution in [-0.4, -0.2) is 18.4 Å². The van der Waals surface area contributed by atoms with E-state index in [2.05, 4.69) is 6.08 Å². The summed E-state index contributed by atoms with van der Waals surface area (Å²) in [5.74, 6) is 0.618. The van der Waals surface area contributed by atoms with Gasteiger partial charge < -0.3 is 4.74 Å². The molecule has 90 valence electrons. The molecule has 0 aromatic rings. The number of ketones is 1. The third kappa shape index (κ3) is 3.80. The fraction of sp³-hybridized carbons (Fsp3) is 0.692. The minimum absolute atomic E-state index is 0.173. The number of allylic oxidation sites excluding steroid dienone is 2. The highest BCUT2D eigenvalue weighted by Crippen LogP contribution is 2.34. The summed E-state index contributed by atoms with van der Waals surface area (Å²) < 4.78 is 4.92. The summed E-state index contributed by atoms with van der Waals surface area (Å²) in [6.45, 7) is 4.19. The Labute approximate surface area is 96.9 Å². The second kappa shape index (κ2) is 6.46. The van der Waals surface area contributed by atoms with Crippen molar-refractivity contribution in [1.82, 2.24) is 0 Å². The molecule has 16 heavy (non-hydrogen) atoms. The van der Waals surface area contributed by atoms with Gasteiger partial charge in [0.05, 0.1) is 6.61 Å². The molecule has 2 atom stereocenters. The average Bonchev–Trinajstić information content (AvgIpc) is 2.56. The summed E-state index contributed by atoms with van der Waals surface area (Å²) in [6, 6.07) is 0. The Morgan fingerprint density at radius 3 is 2.75 bits per heavy atom. The van der Waals surface area contributed by atoms with Crippen LogP contribution in [0.2, 0.25) is 0 Å². The Kier molecular flexibility index (Phi) is 5.23. The number of carbonyl (C=O) groups is 2. The van der Waals surface area contributed by atoms with Gasteiger partial charge in [-0.15, -0.1) is 0 Å². The largest absolute Gasteiger partial charge is 0.466 e. The SMILES string of the molecule is C/C=C\CC1CC(=O)CC1CC(=O)OCC. The second-order valence-corrected chi connectivity index (χ2v) is 4.28. The van der Waals surface area contributed by atoms with Gasteiger partial charge in [0.1, 0.15) is 5.78 Å². The van der Waals surface area contributed by atoms with Crippen molar-refractivity contribution in [1.29, 1.82) is 0 Å². The maximum Gasteiger partial charge on any atom is 0.306 e. The Morgan fingerprint density at radius 1 is 1.44 bits per heavy atom. The summed E-state index contributed by atoms with van der Waals surface area (Å²) in [7, 11) is 0. The van der Waals surface area contributed by atoms with Crippen molar-refractivity contribution in [3.63, 3.8) is 0 Å². The van der Waals surface area contributed by atoms with E-state index in [-0.39, 0.29) is 17.7 Å². The van der Waals surface area contributed by atoms with Gasteiger partial charge in [0.25, 0.3) is 0 Å². The molecule has 0 amide bonds. The zero-order valence-corrected chi connectivity index (χ0v) is 10.1. The van der Waals surface area contributed by atoms with Gasteiger partial charge >= 0.3 is 5.97 Å². The molecule has 2 unspecified atom stereocenters. The first-order valence-corrected chi connectivity index (χ1v) is 5.95. The highest BCUT2D eigenvalue weighted by molar-refractivity contribution is 5.82. The molecule has 3 heteroatoms. The Hall–Kier alpha value is -1.12. The van der Waals surface area contributed by atoms with E-state index < -0.39 is 0 Å². The van der Waals surface area contributed by atoms with Crippen LogP contribution in [0.15, 0.2) is 12.2 Å². The third-order valence-electron chi connectivity index (χ3n) is 3.06. The molecule has 1 rings (SSSR count). The average molecular weight is 224 g/mol. The Balaban J connectivity index is 2.48. The van der Waals surface area contributed by atoms with Crippen molar-refractivity contribution in [2.24, 2.45) is 11.8 Å². The fourth-order valence-electron chi connectivity index (χ4n) is 2.26. The molecular formula is C13H20O3. The molecule has 3 nitrogen and oxygen atoms in total. The predicted octanol–water partition coefficient (Wildman–Crippen LogP) is 2.50. The molecule has 0 spiro atoms. The van der Waals surface area contributed by atoms with Gasteiger partial charge in [-0.05, 0) is 32.1 Å². The number of rotatable bonds is 5. The predicted molar refractivity (Wildman–Crippen MR) is 61.9 cm³/mol. The zero-order chi connectivity index (χ0) is 12.0. The van der Waals surface area contributed by atoms with E-state index in [1.165, 1.54) is 0 Å². The summed E-state index contributed by atoms with van der Waals surface area (Å²) in [5, 5.41) is 0. The lowest BCUT2D eigenvalue weighted by molar-refractivity contribution is -0.144. The lowest BCUT2D eigenvalue weighted by atomic mass is 9.90. The van der Waals surface area contributed by atoms with Gasteiger partial charge in [-0.2, -0.15) is 0 Å². The molecule has 0 N–H and O–H groups in total. The van der Waals surface area contributed by atoms with E-state index in [0.717, 1.165) is 6.42 Å². The Bertz CT molecular complexity index is 281. The zero-order valence-electron chi connectivity index (χ0n) is 10.1. The van der Waals surface area contributed by atoms with Crippen molar-refractivity contribution < 1.29 is 14.3 Å². The summed E-state index contributed by atoms with van der Waals surface area (Å²) >= 11 is 0. The summed E-state index contributed by atoms with van der Waals surface area (Å²) in [4.78, 5) is 22.8. The molecule has 0 bridgehead atoms. The van der Waals surface area contributed by atoms with Crippen LogP contribution in [0.25, 0.3) is 0 Å². The number of Topliss-reactive ketones (excluding diaryl/α,β-unsaturated/α-hetero) is 1. The summed E-state index contributed by atoms with van der Waals surface area (Å²) in [5.41, 5.74) is 0. The minimum Gasteiger partial charge on any atom is -0.466 e. The van der Waals surface area contributed by atoms with Gasteiger partial charge in [0, 0.05) is 19.3 Å². The normalized spacial score (nSPS) is 25.2. The van der Waals surface area contributed by atoms with E-state index >= 15 is 0 Å². The van der Waals surface area contributed by atoms with Crippen molar-refractivity contribution in [3.05, 3.63) is 12.2 Å². The first-order chi connectivity index (χ1) is 7.67. The summed E-state index contributed by atoms with van der Waals surface area (Å²) in [6.07, 6.45) is 6.51. The van der Waals surface area contributed by atoms with E-state index in [9.17, 15) is 9.59 Å². The van der Waals surface area contributed by atoms with Crippen LogP contribution in [-0.2, 0) is 14.3 Å². The lowest BCUT2D eigenvalue weighted by Gasteiger charge is -2.15. The highest BCUT2D eigenvalue weighted by atomic mass is 16.5. The molecule has 0 heterocycles. The van der Waals surface area contributed by atoms with Crippen LogP contribution in [0.3, 0.4) is 0 Å². The van der Waals surface area contributed by atoms with Gasteiger partial charge in [0.15, 0.2) is 0 Å². The number of hydrogen-bond acceptors (Lipinski definition) is 3. The Morgan fingerprint density at radius 2 is 2.12 bits per heavy atom. The van der Waals surface area contributed by atoms with E-state index in [4.69, 9.17) is 4.74 Å². The monoisotopic (exact) mass is 224 g/mol. The maximum atomic E-state index is 11.4. The van der Waals surface area contributed by atoms with E-state index in [0.29, 0.717) is 31.8 Å². The van der Waals surface area contributed by atoms with E-state index in [1.807, 2.05) is 13.0 Å². The standard InChI is InChI=1S/C13H20O3/c1-3-5-6-10-7-12(14)8-11(10)9-13(15)16-4-2/h3,5,10-11H,4,6-9H2,1-2H3/b5-3-. The molecule has 1 fully saturated rings. The van der Waals surface area contributed by atoms with Crippen LogP contribution in [0.5, 0.6) is 0 Å². The first kappa shape index (κ1) is 12.9. The lowest BCUT2D eigenvalue weighted by Crippen LogP contribution is -2.15. The van der Waals surface area contributed by atoms with Crippen LogP contribution in [0.1, 0.15) is 39.5 Å². The maximum absolute atomic E-state index is 11.4. The van der Waals surface area contributed by atoms with Gasteiger partial charge in [-0.3, -0.25) is 9.59 Å². The topological polar surface area (TPSA) is 43.4 Å². The molecular weight excluding hydrogens is 204 g/mol. The molecule has 1 saturated carbocycles. The molecule has 0 radical (unpaired) electrons. The van der Waals surface area contributed by atoms with Crippen LogP contribution in [0, 0.1) is 11.8 Å². The van der Waals surface area contributed by atoms with Crippen molar-refractivity contribution >= 4 is 11.8 Å². The molecule has 1 aliphatic rings. The number of hydrogen-bond donors (Lipinski definition) is 0. The molecule has 0 aromatic heterocycles. The fourth-order valence-corrected chi connectivity index (χ4v) is 2.26. The van der Waals surface area contributed by atoms with E-state index in [1.54, 1.807) is 6.92 Å². The van der Waals surface area contributed by atoms with Crippen LogP contribution in [0.4, 0.5) is 0 Å². The van der Waals surface area contributed by atoms with Crippen molar-refractivity contribution in [2.45, 2.75) is 39.5 Å². The first-order valence-electron chi connectivity index (χ1n) is 5.95. The number of esters is 1. The van der Waals surface area contributed by atoms with Crippen molar-refractivity contribution in [2.75, 3.05) is 6.61 Å². The third-order valence-corrected chi connectivity index (χ3v) is 3.06. The highest BCUT2D eigenvalue weighted by Gasteiger charge is 2.33. The van der Waals surface area contributed by atoms with Crippen LogP contribution < -0.4 is 0 Å². The quantitative estimate of drug-likeness (QED) is 0.532. The van der Waals surface area contributed by atoms with Gasteiger partial charge in [0.2, 0.25) is 0 Å². The smallest absolute Gasteiger partial charge is 0.306 e. The molecule has 1 aliphatic carbocycles. The minimum atomic E-state index is -0.173. The van der Waals surface area contributed by atoms with Gasteiger partial charge in [-0.1, -0.05) is 12.2 Å². The van der Waals surface area contributed by atoms with Crippen molar-refractivity contribution in [3.8, 4) is 0 Å². The molecule has 0 aromatic carbocycles. The van der Waals surface area contributed by atoms with Gasteiger partial charge in [-0.25, -0.2) is 0 Å². The number of ether oxygens (including phenoxy) is 1. The second-order valence-electron chi connectivity index (χ2n) is 4.28. The molecule has 0 aliphatic heterocycles.